The molecule has 3 nitrogen and oxygen atoms in total. The first-order valence-corrected chi connectivity index (χ1v) is 7.38. The number of benzene rings is 1. The van der Waals surface area contributed by atoms with Crippen LogP contribution in [-0.2, 0) is 12.8 Å². The van der Waals surface area contributed by atoms with Crippen LogP contribution in [-0.4, -0.2) is 17.6 Å². The molecule has 2 N–H and O–H groups in total. The highest BCUT2D eigenvalue weighted by molar-refractivity contribution is 5.52. The molecular weight excluding hydrogens is 246 g/mol. The van der Waals surface area contributed by atoms with Gasteiger partial charge in [-0.1, -0.05) is 24.3 Å². The molecule has 0 spiro atoms. The molecule has 1 aliphatic rings. The van der Waals surface area contributed by atoms with E-state index in [1.807, 2.05) is 12.3 Å². The number of pyridine rings is 1. The molecule has 1 heterocycles. The predicted molar refractivity (Wildman–Crippen MR) is 84.3 cm³/mol. The van der Waals surface area contributed by atoms with E-state index in [0.717, 1.165) is 24.5 Å². The fourth-order valence-corrected chi connectivity index (χ4v) is 2.85. The Morgan fingerprint density at radius 3 is 2.90 bits per heavy atom. The van der Waals surface area contributed by atoms with Crippen molar-refractivity contribution in [2.75, 3.05) is 17.2 Å². The SMILES string of the molecule is CCNc1cc(NC2CCc3ccccc3C2)ccn1. The summed E-state index contributed by atoms with van der Waals surface area (Å²) in [6.07, 6.45) is 5.32. The third-order valence-corrected chi connectivity index (χ3v) is 3.84. The lowest BCUT2D eigenvalue weighted by atomic mass is 9.88. The Hall–Kier alpha value is -2.03. The molecule has 1 unspecified atom stereocenters. The number of rotatable bonds is 4. The maximum Gasteiger partial charge on any atom is 0.127 e. The normalized spacial score (nSPS) is 17.4. The summed E-state index contributed by atoms with van der Waals surface area (Å²) in [5.74, 6) is 0.939. The molecule has 0 radical (unpaired) electrons. The van der Waals surface area contributed by atoms with Crippen molar-refractivity contribution in [2.45, 2.75) is 32.2 Å². The summed E-state index contributed by atoms with van der Waals surface area (Å²) < 4.78 is 0. The highest BCUT2D eigenvalue weighted by atomic mass is 15.0. The second kappa shape index (κ2) is 5.95. The van der Waals surface area contributed by atoms with Gasteiger partial charge in [0.1, 0.15) is 5.82 Å². The highest BCUT2D eigenvalue weighted by Gasteiger charge is 2.17. The largest absolute Gasteiger partial charge is 0.382 e. The minimum Gasteiger partial charge on any atom is -0.382 e. The summed E-state index contributed by atoms with van der Waals surface area (Å²) in [7, 11) is 0. The first-order valence-electron chi connectivity index (χ1n) is 7.38. The van der Waals surface area contributed by atoms with Crippen molar-refractivity contribution in [3.63, 3.8) is 0 Å². The Morgan fingerprint density at radius 1 is 1.20 bits per heavy atom. The minimum atomic E-state index is 0.516. The van der Waals surface area contributed by atoms with Gasteiger partial charge in [-0.05, 0) is 43.4 Å². The zero-order valence-electron chi connectivity index (χ0n) is 11.9. The first kappa shape index (κ1) is 13.0. The van der Waals surface area contributed by atoms with Crippen LogP contribution in [0.3, 0.4) is 0 Å². The molecule has 1 aliphatic carbocycles. The Morgan fingerprint density at radius 2 is 2.05 bits per heavy atom. The van der Waals surface area contributed by atoms with Gasteiger partial charge in [0, 0.05) is 30.5 Å². The van der Waals surface area contributed by atoms with Crippen LogP contribution in [0.4, 0.5) is 11.5 Å². The average molecular weight is 267 g/mol. The van der Waals surface area contributed by atoms with Gasteiger partial charge in [0.25, 0.3) is 0 Å². The van der Waals surface area contributed by atoms with Crippen LogP contribution in [0.25, 0.3) is 0 Å². The number of hydrogen-bond acceptors (Lipinski definition) is 3. The van der Waals surface area contributed by atoms with Crippen molar-refractivity contribution in [1.29, 1.82) is 0 Å². The summed E-state index contributed by atoms with van der Waals surface area (Å²) in [5.41, 5.74) is 4.14. The van der Waals surface area contributed by atoms with Crippen molar-refractivity contribution < 1.29 is 0 Å². The van der Waals surface area contributed by atoms with Gasteiger partial charge in [0.15, 0.2) is 0 Å². The van der Waals surface area contributed by atoms with E-state index < -0.39 is 0 Å². The standard InChI is InChI=1S/C17H21N3/c1-2-18-17-12-16(9-10-19-17)20-15-8-7-13-5-3-4-6-14(13)11-15/h3-6,9-10,12,15H,2,7-8,11H2,1H3,(H2,18,19,20). The zero-order chi connectivity index (χ0) is 13.8. The summed E-state index contributed by atoms with van der Waals surface area (Å²) in [6.45, 7) is 2.98. The van der Waals surface area contributed by atoms with Crippen LogP contribution >= 0.6 is 0 Å². The highest BCUT2D eigenvalue weighted by Crippen LogP contribution is 2.24. The molecule has 0 saturated carbocycles. The third-order valence-electron chi connectivity index (χ3n) is 3.84. The van der Waals surface area contributed by atoms with Gasteiger partial charge < -0.3 is 10.6 Å². The second-order valence-corrected chi connectivity index (χ2v) is 5.31. The van der Waals surface area contributed by atoms with Crippen LogP contribution in [0.2, 0.25) is 0 Å². The monoisotopic (exact) mass is 267 g/mol. The molecule has 2 aromatic rings. The van der Waals surface area contributed by atoms with E-state index >= 15 is 0 Å². The van der Waals surface area contributed by atoms with Gasteiger partial charge in [-0.15, -0.1) is 0 Å². The lowest BCUT2D eigenvalue weighted by Crippen LogP contribution is -2.27. The molecule has 0 aliphatic heterocycles. The maximum atomic E-state index is 4.31. The second-order valence-electron chi connectivity index (χ2n) is 5.31. The van der Waals surface area contributed by atoms with E-state index in [1.165, 1.54) is 24.0 Å². The Bertz CT molecular complexity index is 580. The molecule has 1 atom stereocenters. The van der Waals surface area contributed by atoms with Crippen molar-refractivity contribution in [1.82, 2.24) is 4.98 Å². The number of hydrogen-bond donors (Lipinski definition) is 2. The van der Waals surface area contributed by atoms with Crippen molar-refractivity contribution >= 4 is 11.5 Å². The summed E-state index contributed by atoms with van der Waals surface area (Å²) in [5, 5.41) is 6.89. The third kappa shape index (κ3) is 2.93. The zero-order valence-corrected chi connectivity index (χ0v) is 11.9. The fourth-order valence-electron chi connectivity index (χ4n) is 2.85. The molecule has 104 valence electrons. The van der Waals surface area contributed by atoms with Gasteiger partial charge in [0.2, 0.25) is 0 Å². The molecule has 3 rings (SSSR count). The van der Waals surface area contributed by atoms with E-state index in [9.17, 15) is 0 Å². The van der Waals surface area contributed by atoms with Gasteiger partial charge in [-0.3, -0.25) is 0 Å². The quantitative estimate of drug-likeness (QED) is 0.890. The van der Waals surface area contributed by atoms with Crippen LogP contribution in [0, 0.1) is 0 Å². The molecule has 1 aromatic heterocycles. The summed E-state index contributed by atoms with van der Waals surface area (Å²) >= 11 is 0. The molecule has 1 aromatic carbocycles. The smallest absolute Gasteiger partial charge is 0.127 e. The Balaban J connectivity index is 1.69. The topological polar surface area (TPSA) is 37.0 Å². The summed E-state index contributed by atoms with van der Waals surface area (Å²) in [6, 6.07) is 13.4. The minimum absolute atomic E-state index is 0.516. The lowest BCUT2D eigenvalue weighted by molar-refractivity contribution is 0.611. The van der Waals surface area contributed by atoms with Crippen LogP contribution in [0.15, 0.2) is 42.6 Å². The van der Waals surface area contributed by atoms with E-state index in [2.05, 4.69) is 52.9 Å². The lowest BCUT2D eigenvalue weighted by Gasteiger charge is -2.26. The molecule has 0 bridgehead atoms. The predicted octanol–water partition coefficient (Wildman–Crippen LogP) is 3.48. The van der Waals surface area contributed by atoms with Crippen molar-refractivity contribution in [3.8, 4) is 0 Å². The number of nitrogens with zero attached hydrogens (tertiary/aromatic N) is 1. The fraction of sp³-hybridized carbons (Fsp3) is 0.353. The van der Waals surface area contributed by atoms with Crippen LogP contribution in [0.5, 0.6) is 0 Å². The van der Waals surface area contributed by atoms with Crippen LogP contribution < -0.4 is 10.6 Å². The number of aromatic nitrogens is 1. The molecule has 3 heteroatoms. The van der Waals surface area contributed by atoms with Crippen LogP contribution in [0.1, 0.15) is 24.5 Å². The van der Waals surface area contributed by atoms with Crippen molar-refractivity contribution in [2.24, 2.45) is 0 Å². The molecule has 20 heavy (non-hydrogen) atoms. The number of anilines is 2. The van der Waals surface area contributed by atoms with Gasteiger partial charge in [-0.2, -0.15) is 0 Å². The molecule has 0 amide bonds. The van der Waals surface area contributed by atoms with Gasteiger partial charge >= 0.3 is 0 Å². The van der Waals surface area contributed by atoms with E-state index in [0.29, 0.717) is 6.04 Å². The molecular formula is C17H21N3. The number of nitrogens with one attached hydrogen (secondary N) is 2. The van der Waals surface area contributed by atoms with E-state index in [-0.39, 0.29) is 0 Å². The Kier molecular flexibility index (Phi) is 3.86. The number of fused-ring (bicyclic) bond motifs is 1. The summed E-state index contributed by atoms with van der Waals surface area (Å²) in [4.78, 5) is 4.31. The van der Waals surface area contributed by atoms with E-state index in [4.69, 9.17) is 0 Å². The molecule has 0 fully saturated rings. The molecule has 0 saturated heterocycles. The first-order chi connectivity index (χ1) is 9.85. The van der Waals surface area contributed by atoms with Gasteiger partial charge in [-0.25, -0.2) is 4.98 Å². The number of aryl methyl sites for hydroxylation is 1. The Labute approximate surface area is 120 Å². The van der Waals surface area contributed by atoms with Crippen molar-refractivity contribution in [3.05, 3.63) is 53.7 Å². The van der Waals surface area contributed by atoms with Gasteiger partial charge in [0.05, 0.1) is 0 Å². The van der Waals surface area contributed by atoms with E-state index in [1.54, 1.807) is 0 Å². The average Bonchev–Trinajstić information content (AvgIpc) is 2.48. The maximum absolute atomic E-state index is 4.31.